The van der Waals surface area contributed by atoms with Crippen molar-refractivity contribution in [3.63, 3.8) is 0 Å². The molecule has 0 atom stereocenters. The fourth-order valence-electron chi connectivity index (χ4n) is 1.43. The van der Waals surface area contributed by atoms with Crippen LogP contribution in [0.2, 0.25) is 0 Å². The zero-order chi connectivity index (χ0) is 12.7. The van der Waals surface area contributed by atoms with Crippen molar-refractivity contribution in [2.24, 2.45) is 5.14 Å². The van der Waals surface area contributed by atoms with Crippen LogP contribution in [0.5, 0.6) is 0 Å². The third-order valence-corrected chi connectivity index (χ3v) is 2.93. The van der Waals surface area contributed by atoms with Gasteiger partial charge < -0.3 is 5.32 Å². The lowest BCUT2D eigenvalue weighted by atomic mass is 10.1. The number of benzene rings is 1. The van der Waals surface area contributed by atoms with Gasteiger partial charge in [0.25, 0.3) is 0 Å². The molecule has 1 aromatic carbocycles. The van der Waals surface area contributed by atoms with Gasteiger partial charge in [-0.1, -0.05) is 30.9 Å². The molecular formula is C14H18N2S. The lowest BCUT2D eigenvalue weighted by Crippen LogP contribution is -1.89. The Morgan fingerprint density at radius 1 is 1.35 bits per heavy atom. The highest BCUT2D eigenvalue weighted by atomic mass is 32.2. The van der Waals surface area contributed by atoms with Crippen LogP contribution in [-0.4, -0.2) is 7.05 Å². The largest absolute Gasteiger partial charge is 0.388 e. The number of nitrogens with two attached hydrogens (primary N) is 1. The van der Waals surface area contributed by atoms with Gasteiger partial charge in [-0.3, -0.25) is 5.14 Å². The lowest BCUT2D eigenvalue weighted by molar-refractivity contribution is 1.49. The van der Waals surface area contributed by atoms with Crippen LogP contribution < -0.4 is 10.5 Å². The van der Waals surface area contributed by atoms with E-state index in [0.29, 0.717) is 0 Å². The smallest absolute Gasteiger partial charge is 0.0337 e. The molecule has 17 heavy (non-hydrogen) atoms. The Labute approximate surface area is 107 Å². The number of hydrogen-bond acceptors (Lipinski definition) is 3. The molecule has 3 N–H and O–H groups in total. The van der Waals surface area contributed by atoms with E-state index in [9.17, 15) is 0 Å². The molecule has 1 aromatic rings. The van der Waals surface area contributed by atoms with Crippen LogP contribution >= 0.6 is 11.9 Å². The average molecular weight is 246 g/mol. The number of anilines is 1. The van der Waals surface area contributed by atoms with Crippen LogP contribution in [0.3, 0.4) is 0 Å². The molecule has 0 aliphatic carbocycles. The molecule has 0 aromatic heterocycles. The summed E-state index contributed by atoms with van der Waals surface area (Å²) in [5, 5.41) is 8.79. The molecule has 1 rings (SSSR count). The molecule has 2 nitrogen and oxygen atoms in total. The molecule has 0 saturated heterocycles. The molecule has 0 heterocycles. The lowest BCUT2D eigenvalue weighted by Gasteiger charge is -2.06. The maximum absolute atomic E-state index is 5.70. The summed E-state index contributed by atoms with van der Waals surface area (Å²) in [7, 11) is 1.90. The Balaban J connectivity index is 3.00. The first-order valence-electron chi connectivity index (χ1n) is 5.37. The zero-order valence-electron chi connectivity index (χ0n) is 10.2. The molecule has 90 valence electrons. The maximum atomic E-state index is 5.70. The van der Waals surface area contributed by atoms with Gasteiger partial charge in [0.05, 0.1) is 0 Å². The van der Waals surface area contributed by atoms with E-state index in [4.69, 9.17) is 5.14 Å². The minimum Gasteiger partial charge on any atom is -0.388 e. The standard InChI is InChI=1S/C14H18N2S/c1-4-5-11(2)10-14(17-15)12-6-8-13(16-3)9-7-12/h4-10,16H,1,15H2,2-3H3/b11-5+,14-10-. The predicted octanol–water partition coefficient (Wildman–Crippen LogP) is 3.81. The van der Waals surface area contributed by atoms with E-state index in [1.165, 1.54) is 11.9 Å². The number of nitrogens with one attached hydrogen (secondary N) is 1. The first-order valence-corrected chi connectivity index (χ1v) is 6.25. The summed E-state index contributed by atoms with van der Waals surface area (Å²) in [5.41, 5.74) is 3.34. The van der Waals surface area contributed by atoms with E-state index in [-0.39, 0.29) is 0 Å². The number of hydrogen-bond donors (Lipinski definition) is 2. The molecule has 0 unspecified atom stereocenters. The van der Waals surface area contributed by atoms with Crippen molar-refractivity contribution in [2.45, 2.75) is 6.92 Å². The molecule has 3 heteroatoms. The average Bonchev–Trinajstić information content (AvgIpc) is 2.36. The number of rotatable bonds is 5. The van der Waals surface area contributed by atoms with Crippen LogP contribution in [0, 0.1) is 0 Å². The van der Waals surface area contributed by atoms with Crippen LogP contribution in [0.25, 0.3) is 4.91 Å². The quantitative estimate of drug-likeness (QED) is 0.613. The van der Waals surface area contributed by atoms with Crippen LogP contribution in [0.4, 0.5) is 5.69 Å². The Morgan fingerprint density at radius 3 is 2.47 bits per heavy atom. The highest BCUT2D eigenvalue weighted by molar-refractivity contribution is 8.06. The minimum absolute atomic E-state index is 1.04. The molecule has 0 aliphatic rings. The van der Waals surface area contributed by atoms with E-state index in [1.807, 2.05) is 32.2 Å². The first-order chi connectivity index (χ1) is 8.21. The van der Waals surface area contributed by atoms with Gasteiger partial charge in [-0.15, -0.1) is 0 Å². The predicted molar refractivity (Wildman–Crippen MR) is 79.7 cm³/mol. The van der Waals surface area contributed by atoms with Gasteiger partial charge in [0.1, 0.15) is 0 Å². The van der Waals surface area contributed by atoms with Gasteiger partial charge in [0.2, 0.25) is 0 Å². The van der Waals surface area contributed by atoms with Crippen molar-refractivity contribution in [3.05, 3.63) is 60.2 Å². The van der Waals surface area contributed by atoms with Crippen molar-refractivity contribution in [1.82, 2.24) is 0 Å². The van der Waals surface area contributed by atoms with Crippen molar-refractivity contribution in [1.29, 1.82) is 0 Å². The second-order valence-electron chi connectivity index (χ2n) is 3.60. The second-order valence-corrected chi connectivity index (χ2v) is 4.28. The summed E-state index contributed by atoms with van der Waals surface area (Å²) in [6, 6.07) is 8.18. The summed E-state index contributed by atoms with van der Waals surface area (Å²) in [4.78, 5) is 1.04. The molecule has 0 amide bonds. The topological polar surface area (TPSA) is 38.0 Å². The third kappa shape index (κ3) is 4.13. The SMILES string of the molecule is C=C/C=C(C)/C=C(\SN)c1ccc(NC)cc1. The van der Waals surface area contributed by atoms with Gasteiger partial charge in [-0.05, 0) is 48.2 Å². The van der Waals surface area contributed by atoms with Gasteiger partial charge >= 0.3 is 0 Å². The van der Waals surface area contributed by atoms with Gasteiger partial charge in [0.15, 0.2) is 0 Å². The highest BCUT2D eigenvalue weighted by Crippen LogP contribution is 2.25. The molecule has 0 radical (unpaired) electrons. The van der Waals surface area contributed by atoms with Crippen LogP contribution in [-0.2, 0) is 0 Å². The Hall–Kier alpha value is -1.45. The Kier molecular flexibility index (Phi) is 5.60. The maximum Gasteiger partial charge on any atom is 0.0337 e. The Bertz CT molecular complexity index is 430. The minimum atomic E-state index is 1.04. The zero-order valence-corrected chi connectivity index (χ0v) is 11.1. The normalized spacial score (nSPS) is 12.4. The van der Waals surface area contributed by atoms with E-state index in [1.54, 1.807) is 6.08 Å². The molecule has 0 aliphatic heterocycles. The molecular weight excluding hydrogens is 228 g/mol. The summed E-state index contributed by atoms with van der Waals surface area (Å²) >= 11 is 1.26. The summed E-state index contributed by atoms with van der Waals surface area (Å²) < 4.78 is 0. The Morgan fingerprint density at radius 2 is 2.00 bits per heavy atom. The highest BCUT2D eigenvalue weighted by Gasteiger charge is 2.00. The first kappa shape index (κ1) is 13.6. The van der Waals surface area contributed by atoms with E-state index >= 15 is 0 Å². The van der Waals surface area contributed by atoms with E-state index in [2.05, 4.69) is 30.1 Å². The van der Waals surface area contributed by atoms with E-state index in [0.717, 1.165) is 21.7 Å². The number of allylic oxidation sites excluding steroid dienone is 4. The summed E-state index contributed by atoms with van der Waals surface area (Å²) in [5.74, 6) is 0. The monoisotopic (exact) mass is 246 g/mol. The van der Waals surface area contributed by atoms with Crippen molar-refractivity contribution in [2.75, 3.05) is 12.4 Å². The molecule has 0 saturated carbocycles. The molecule has 0 spiro atoms. The second kappa shape index (κ2) is 6.99. The van der Waals surface area contributed by atoms with Crippen molar-refractivity contribution in [3.8, 4) is 0 Å². The van der Waals surface area contributed by atoms with Crippen LogP contribution in [0.1, 0.15) is 12.5 Å². The van der Waals surface area contributed by atoms with Crippen molar-refractivity contribution >= 4 is 22.5 Å². The summed E-state index contributed by atoms with van der Waals surface area (Å²) in [6.07, 6.45) is 5.79. The molecule has 0 fully saturated rings. The van der Waals surface area contributed by atoms with Gasteiger partial charge in [-0.25, -0.2) is 0 Å². The van der Waals surface area contributed by atoms with Crippen molar-refractivity contribution < 1.29 is 0 Å². The molecule has 0 bridgehead atoms. The van der Waals surface area contributed by atoms with E-state index < -0.39 is 0 Å². The van der Waals surface area contributed by atoms with Gasteiger partial charge in [-0.2, -0.15) is 0 Å². The fraction of sp³-hybridized carbons (Fsp3) is 0.143. The summed E-state index contributed by atoms with van der Waals surface area (Å²) in [6.45, 7) is 5.70. The van der Waals surface area contributed by atoms with Gasteiger partial charge in [0, 0.05) is 17.6 Å². The third-order valence-electron chi connectivity index (χ3n) is 2.32. The fourth-order valence-corrected chi connectivity index (χ4v) is 1.95. The van der Waals surface area contributed by atoms with Crippen LogP contribution in [0.15, 0.2) is 54.6 Å².